The number of carbonyl (C=O) groups is 2. The maximum Gasteiger partial charge on any atom is 0.310 e. The number of amides is 1. The zero-order chi connectivity index (χ0) is 21.3. The summed E-state index contributed by atoms with van der Waals surface area (Å²) in [4.78, 5) is 26.5. The molecule has 0 radical (unpaired) electrons. The van der Waals surface area contributed by atoms with Crippen molar-refractivity contribution < 1.29 is 23.8 Å². The average Bonchev–Trinajstić information content (AvgIpc) is 2.78. The van der Waals surface area contributed by atoms with Gasteiger partial charge in [0.05, 0.1) is 20.6 Å². The van der Waals surface area contributed by atoms with Gasteiger partial charge in [-0.15, -0.1) is 0 Å². The van der Waals surface area contributed by atoms with Gasteiger partial charge < -0.3 is 24.4 Å². The molecule has 0 aromatic heterocycles. The SMILES string of the molecule is COc1ccc(CC(=O)OCC(=O)Nc2ccc(N3CCCCC3)cc2)cc1OC. The fourth-order valence-corrected chi connectivity index (χ4v) is 3.46. The number of anilines is 2. The van der Waals surface area contributed by atoms with Crippen molar-refractivity contribution in [2.45, 2.75) is 25.7 Å². The van der Waals surface area contributed by atoms with Crippen molar-refractivity contribution in [3.05, 3.63) is 48.0 Å². The predicted octanol–water partition coefficient (Wildman–Crippen LogP) is 3.42. The Balaban J connectivity index is 1.45. The largest absolute Gasteiger partial charge is 0.493 e. The smallest absolute Gasteiger partial charge is 0.310 e. The number of hydrogen-bond donors (Lipinski definition) is 1. The zero-order valence-electron chi connectivity index (χ0n) is 17.5. The molecule has 2 aromatic carbocycles. The molecule has 1 saturated heterocycles. The van der Waals surface area contributed by atoms with Crippen LogP contribution in [0.5, 0.6) is 11.5 Å². The molecule has 0 saturated carbocycles. The van der Waals surface area contributed by atoms with Crippen molar-refractivity contribution in [2.24, 2.45) is 0 Å². The van der Waals surface area contributed by atoms with E-state index in [0.717, 1.165) is 18.8 Å². The van der Waals surface area contributed by atoms with Gasteiger partial charge in [0.15, 0.2) is 18.1 Å². The molecule has 30 heavy (non-hydrogen) atoms. The summed E-state index contributed by atoms with van der Waals surface area (Å²) < 4.78 is 15.5. The lowest BCUT2D eigenvalue weighted by Crippen LogP contribution is -2.29. The lowest BCUT2D eigenvalue weighted by molar-refractivity contribution is -0.146. The minimum Gasteiger partial charge on any atom is -0.493 e. The number of piperidine rings is 1. The number of hydrogen-bond acceptors (Lipinski definition) is 6. The monoisotopic (exact) mass is 412 g/mol. The number of nitrogens with zero attached hydrogens (tertiary/aromatic N) is 1. The first-order chi connectivity index (χ1) is 14.6. The summed E-state index contributed by atoms with van der Waals surface area (Å²) in [6.07, 6.45) is 3.76. The number of benzene rings is 2. The number of esters is 1. The number of carbonyl (C=O) groups excluding carboxylic acids is 2. The second-order valence-corrected chi connectivity index (χ2v) is 7.17. The van der Waals surface area contributed by atoms with E-state index in [-0.39, 0.29) is 18.9 Å². The third kappa shape index (κ3) is 5.89. The first-order valence-electron chi connectivity index (χ1n) is 10.1. The van der Waals surface area contributed by atoms with Crippen molar-refractivity contribution >= 4 is 23.3 Å². The molecule has 2 aromatic rings. The summed E-state index contributed by atoms with van der Waals surface area (Å²) in [6, 6.07) is 12.9. The summed E-state index contributed by atoms with van der Waals surface area (Å²) in [5, 5.41) is 2.75. The molecule has 1 aliphatic rings. The highest BCUT2D eigenvalue weighted by atomic mass is 16.5. The van der Waals surface area contributed by atoms with Crippen LogP contribution in [0.25, 0.3) is 0 Å². The van der Waals surface area contributed by atoms with Crippen LogP contribution >= 0.6 is 0 Å². The number of ether oxygens (including phenoxy) is 3. The van der Waals surface area contributed by atoms with E-state index in [1.807, 2.05) is 24.3 Å². The molecule has 0 spiro atoms. The van der Waals surface area contributed by atoms with Crippen LogP contribution in [-0.2, 0) is 20.7 Å². The summed E-state index contributed by atoms with van der Waals surface area (Å²) in [5.41, 5.74) is 2.55. The van der Waals surface area contributed by atoms with Gasteiger partial charge in [-0.3, -0.25) is 9.59 Å². The minimum absolute atomic E-state index is 0.0398. The normalized spacial score (nSPS) is 13.5. The Labute approximate surface area is 176 Å². The third-order valence-corrected chi connectivity index (χ3v) is 5.03. The van der Waals surface area contributed by atoms with Gasteiger partial charge in [0, 0.05) is 24.5 Å². The van der Waals surface area contributed by atoms with Crippen molar-refractivity contribution in [3.63, 3.8) is 0 Å². The molecule has 7 heteroatoms. The summed E-state index contributed by atoms with van der Waals surface area (Å²) >= 11 is 0. The Morgan fingerprint density at radius 3 is 2.30 bits per heavy atom. The minimum atomic E-state index is -0.488. The Hall–Kier alpha value is -3.22. The van der Waals surface area contributed by atoms with E-state index in [1.54, 1.807) is 25.3 Å². The quantitative estimate of drug-likeness (QED) is 0.670. The van der Waals surface area contributed by atoms with E-state index < -0.39 is 5.97 Å². The maximum atomic E-state index is 12.1. The van der Waals surface area contributed by atoms with Crippen molar-refractivity contribution in [3.8, 4) is 11.5 Å². The molecule has 0 unspecified atom stereocenters. The molecule has 160 valence electrons. The summed E-state index contributed by atoms with van der Waals surface area (Å²) in [5.74, 6) is 0.257. The Morgan fingerprint density at radius 2 is 1.63 bits per heavy atom. The van der Waals surface area contributed by atoms with Gasteiger partial charge in [-0.05, 0) is 61.2 Å². The maximum absolute atomic E-state index is 12.1. The van der Waals surface area contributed by atoms with E-state index in [4.69, 9.17) is 14.2 Å². The number of nitrogens with one attached hydrogen (secondary N) is 1. The molecular weight excluding hydrogens is 384 g/mol. The van der Waals surface area contributed by atoms with E-state index in [1.165, 1.54) is 26.4 Å². The van der Waals surface area contributed by atoms with Gasteiger partial charge in [0.2, 0.25) is 0 Å². The second kappa shape index (κ2) is 10.5. The first-order valence-corrected chi connectivity index (χ1v) is 10.1. The highest BCUT2D eigenvalue weighted by Gasteiger charge is 2.13. The Bertz CT molecular complexity index is 860. The van der Waals surface area contributed by atoms with Gasteiger partial charge in [-0.1, -0.05) is 6.07 Å². The Morgan fingerprint density at radius 1 is 0.933 bits per heavy atom. The molecular formula is C23H28N2O5. The van der Waals surface area contributed by atoms with Gasteiger partial charge in [-0.2, -0.15) is 0 Å². The van der Waals surface area contributed by atoms with E-state index in [2.05, 4.69) is 10.2 Å². The molecule has 0 bridgehead atoms. The lowest BCUT2D eigenvalue weighted by Gasteiger charge is -2.28. The van der Waals surface area contributed by atoms with Crippen molar-refractivity contribution in [1.82, 2.24) is 0 Å². The van der Waals surface area contributed by atoms with Gasteiger partial charge in [0.25, 0.3) is 5.91 Å². The molecule has 0 atom stereocenters. The molecule has 7 nitrogen and oxygen atoms in total. The second-order valence-electron chi connectivity index (χ2n) is 7.17. The van der Waals surface area contributed by atoms with Crippen LogP contribution in [0.15, 0.2) is 42.5 Å². The number of methoxy groups -OCH3 is 2. The molecule has 1 amide bonds. The van der Waals surface area contributed by atoms with Crippen LogP contribution in [0.4, 0.5) is 11.4 Å². The van der Waals surface area contributed by atoms with Crippen LogP contribution in [0.1, 0.15) is 24.8 Å². The lowest BCUT2D eigenvalue weighted by atomic mass is 10.1. The molecule has 0 aliphatic carbocycles. The van der Waals surface area contributed by atoms with Crippen LogP contribution in [-0.4, -0.2) is 45.8 Å². The highest BCUT2D eigenvalue weighted by molar-refractivity contribution is 5.93. The van der Waals surface area contributed by atoms with Crippen LogP contribution in [0.2, 0.25) is 0 Å². The summed E-state index contributed by atoms with van der Waals surface area (Å²) in [6.45, 7) is 1.81. The summed E-state index contributed by atoms with van der Waals surface area (Å²) in [7, 11) is 3.08. The number of rotatable bonds is 8. The predicted molar refractivity (Wildman–Crippen MR) is 115 cm³/mol. The molecule has 1 heterocycles. The Kier molecular flexibility index (Phi) is 7.54. The molecule has 1 aliphatic heterocycles. The van der Waals surface area contributed by atoms with Gasteiger partial charge >= 0.3 is 5.97 Å². The van der Waals surface area contributed by atoms with Crippen molar-refractivity contribution in [1.29, 1.82) is 0 Å². The van der Waals surface area contributed by atoms with Crippen LogP contribution in [0.3, 0.4) is 0 Å². The van der Waals surface area contributed by atoms with Crippen molar-refractivity contribution in [2.75, 3.05) is 44.1 Å². The van der Waals surface area contributed by atoms with Gasteiger partial charge in [0.1, 0.15) is 0 Å². The van der Waals surface area contributed by atoms with E-state index in [0.29, 0.717) is 22.7 Å². The van der Waals surface area contributed by atoms with Gasteiger partial charge in [-0.25, -0.2) is 0 Å². The fraction of sp³-hybridized carbons (Fsp3) is 0.391. The van der Waals surface area contributed by atoms with Crippen LogP contribution < -0.4 is 19.7 Å². The van der Waals surface area contributed by atoms with E-state index in [9.17, 15) is 9.59 Å². The standard InChI is InChI=1S/C23H28N2O5/c1-28-20-11-6-17(14-21(20)29-2)15-23(27)30-16-22(26)24-18-7-9-19(10-8-18)25-12-4-3-5-13-25/h6-11,14H,3-5,12-13,15-16H2,1-2H3,(H,24,26). The van der Waals surface area contributed by atoms with E-state index >= 15 is 0 Å². The zero-order valence-corrected chi connectivity index (χ0v) is 17.5. The molecule has 1 N–H and O–H groups in total. The highest BCUT2D eigenvalue weighted by Crippen LogP contribution is 2.27. The third-order valence-electron chi connectivity index (χ3n) is 5.03. The topological polar surface area (TPSA) is 77.1 Å². The fourth-order valence-electron chi connectivity index (χ4n) is 3.46. The molecule has 3 rings (SSSR count). The average molecular weight is 412 g/mol. The molecule has 1 fully saturated rings. The van der Waals surface area contributed by atoms with Crippen LogP contribution in [0, 0.1) is 0 Å². The first kappa shape index (κ1) is 21.5.